The molecule has 0 unspecified atom stereocenters. The van der Waals surface area contributed by atoms with E-state index < -0.39 is 37.2 Å². The number of aryl methyl sites for hydroxylation is 1. The van der Waals surface area contributed by atoms with Crippen LogP contribution in [-0.2, 0) is 18.8 Å². The predicted octanol–water partition coefficient (Wildman–Crippen LogP) is 0.437. The first-order valence-corrected chi connectivity index (χ1v) is 9.17. The molecule has 0 radical (unpaired) electrons. The summed E-state index contributed by atoms with van der Waals surface area (Å²) in [6.07, 6.45) is -1.89. The average molecular weight is 419 g/mol. The van der Waals surface area contributed by atoms with Gasteiger partial charge in [-0.25, -0.2) is 9.59 Å². The molecule has 1 aromatic heterocycles. The van der Waals surface area contributed by atoms with Crippen molar-refractivity contribution in [3.8, 4) is 11.7 Å². The van der Waals surface area contributed by atoms with E-state index in [0.717, 1.165) is 11.0 Å². The second kappa shape index (κ2) is 8.24. The summed E-state index contributed by atoms with van der Waals surface area (Å²) in [7, 11) is -0.740. The minimum absolute atomic E-state index is 0.0308. The number of hydrogen-bond donors (Lipinski definition) is 1. The third kappa shape index (κ3) is 4.19. The molecule has 30 heavy (non-hydrogen) atoms. The van der Waals surface area contributed by atoms with Gasteiger partial charge in [0.05, 0.1) is 6.10 Å². The van der Waals surface area contributed by atoms with Gasteiger partial charge < -0.3 is 37.7 Å². The third-order valence-corrected chi connectivity index (χ3v) is 4.50. The van der Waals surface area contributed by atoms with Gasteiger partial charge >= 0.3 is 30.9 Å². The lowest BCUT2D eigenvalue weighted by molar-refractivity contribution is -0.144. The molecular formula is C18H18BNO10. The average Bonchev–Trinajstić information content (AvgIpc) is 3.14. The van der Waals surface area contributed by atoms with Gasteiger partial charge in [-0.1, -0.05) is 12.1 Å². The maximum Gasteiger partial charge on any atom is 0.521 e. The molecule has 0 saturated heterocycles. The molecule has 11 nitrogen and oxygen atoms in total. The molecule has 3 heterocycles. The summed E-state index contributed by atoms with van der Waals surface area (Å²) in [6, 6.07) is 5.44. The van der Waals surface area contributed by atoms with Gasteiger partial charge in [-0.05, 0) is 11.6 Å². The Kier molecular flexibility index (Phi) is 5.51. The van der Waals surface area contributed by atoms with Crippen LogP contribution in [0.3, 0.4) is 0 Å². The van der Waals surface area contributed by atoms with Crippen LogP contribution >= 0.6 is 0 Å². The van der Waals surface area contributed by atoms with Crippen molar-refractivity contribution >= 4 is 24.6 Å². The Morgan fingerprint density at radius 2 is 2.10 bits per heavy atom. The van der Waals surface area contributed by atoms with Crippen LogP contribution in [0.5, 0.6) is 11.7 Å². The minimum atomic E-state index is -0.964. The Morgan fingerprint density at radius 1 is 1.27 bits per heavy atom. The Hall–Kier alpha value is -3.25. The second-order valence-corrected chi connectivity index (χ2v) is 6.66. The van der Waals surface area contributed by atoms with Crippen LogP contribution in [0.25, 0.3) is 0 Å². The van der Waals surface area contributed by atoms with Crippen LogP contribution < -0.4 is 26.1 Å². The zero-order chi connectivity index (χ0) is 21.3. The fourth-order valence-electron chi connectivity index (χ4n) is 3.19. The molecular weight excluding hydrogens is 401 g/mol. The van der Waals surface area contributed by atoms with Gasteiger partial charge in [-0.15, -0.1) is 0 Å². The number of nitrogens with one attached hydrogen (secondary N) is 1. The summed E-state index contributed by atoms with van der Waals surface area (Å²) < 4.78 is 36.8. The molecule has 1 amide bonds. The number of benzene rings is 1. The predicted molar refractivity (Wildman–Crippen MR) is 98.7 cm³/mol. The van der Waals surface area contributed by atoms with Gasteiger partial charge in [0.15, 0.2) is 5.76 Å². The summed E-state index contributed by atoms with van der Waals surface area (Å²) in [5.74, 6) is -1.05. The monoisotopic (exact) mass is 419 g/mol. The number of rotatable bonds is 5. The van der Waals surface area contributed by atoms with Crippen LogP contribution in [0, 0.1) is 6.92 Å². The highest BCUT2D eigenvalue weighted by atomic mass is 16.7. The first-order chi connectivity index (χ1) is 14.4. The zero-order valence-electron chi connectivity index (χ0n) is 16.2. The lowest BCUT2D eigenvalue weighted by Crippen LogP contribution is -2.38. The quantitative estimate of drug-likeness (QED) is 0.537. The topological polar surface area (TPSA) is 136 Å². The molecule has 1 N–H and O–H groups in total. The molecule has 0 spiro atoms. The van der Waals surface area contributed by atoms with E-state index in [-0.39, 0.29) is 31.5 Å². The van der Waals surface area contributed by atoms with Crippen molar-refractivity contribution in [3.05, 3.63) is 40.1 Å². The number of hydrogen-bond acceptors (Lipinski definition) is 10. The van der Waals surface area contributed by atoms with Crippen LogP contribution in [0.4, 0.5) is 4.79 Å². The number of amides is 1. The highest BCUT2D eigenvalue weighted by Gasteiger charge is 2.43. The molecule has 2 aromatic rings. The summed E-state index contributed by atoms with van der Waals surface area (Å²) in [5, 5.41) is 2.55. The first kappa shape index (κ1) is 20.0. The molecule has 12 heteroatoms. The highest BCUT2D eigenvalue weighted by Crippen LogP contribution is 2.30. The lowest BCUT2D eigenvalue weighted by atomic mass is 9.77. The van der Waals surface area contributed by atoms with Crippen LogP contribution in [-0.4, -0.2) is 45.0 Å². The summed E-state index contributed by atoms with van der Waals surface area (Å²) in [6.45, 7) is 3.04. The molecule has 0 fully saturated rings. The van der Waals surface area contributed by atoms with Crippen molar-refractivity contribution in [2.75, 3.05) is 19.8 Å². The Bertz CT molecular complexity index is 1010. The standard InChI is InChI=1S/C18H18BNO10/c1-9-16(28-18(23)26-9)27-17(22)20-6-14-12-4-3-5-13-15(12)19(30-14)29-11(8-25-13)7-24-10(2)21/h3-5,11,14H,6-8H2,1-2H3,(H,20,22)/t11-,14-/m1/s1. The largest absolute Gasteiger partial charge is 0.521 e. The number of ether oxygens (including phenoxy) is 3. The van der Waals surface area contributed by atoms with Gasteiger partial charge in [-0.3, -0.25) is 4.79 Å². The summed E-state index contributed by atoms with van der Waals surface area (Å²) in [4.78, 5) is 34.1. The van der Waals surface area contributed by atoms with Crippen molar-refractivity contribution in [3.63, 3.8) is 0 Å². The molecule has 0 aliphatic carbocycles. The van der Waals surface area contributed by atoms with Crippen LogP contribution in [0.2, 0.25) is 0 Å². The number of carbonyl (C=O) groups excluding carboxylic acids is 2. The zero-order valence-corrected chi connectivity index (χ0v) is 16.2. The van der Waals surface area contributed by atoms with E-state index in [1.165, 1.54) is 13.8 Å². The van der Waals surface area contributed by atoms with Gasteiger partial charge in [0.1, 0.15) is 25.1 Å². The third-order valence-electron chi connectivity index (χ3n) is 4.50. The van der Waals surface area contributed by atoms with E-state index in [2.05, 4.69) is 14.2 Å². The highest BCUT2D eigenvalue weighted by molar-refractivity contribution is 6.64. The second-order valence-electron chi connectivity index (χ2n) is 6.66. The Morgan fingerprint density at radius 3 is 2.83 bits per heavy atom. The number of esters is 1. The van der Waals surface area contributed by atoms with Crippen molar-refractivity contribution in [1.82, 2.24) is 5.32 Å². The van der Waals surface area contributed by atoms with Crippen molar-refractivity contribution in [2.24, 2.45) is 0 Å². The van der Waals surface area contributed by atoms with Crippen molar-refractivity contribution in [1.29, 1.82) is 0 Å². The van der Waals surface area contributed by atoms with Gasteiger partial charge in [0.2, 0.25) is 0 Å². The summed E-state index contributed by atoms with van der Waals surface area (Å²) >= 11 is 0. The lowest BCUT2D eigenvalue weighted by Gasteiger charge is -2.19. The van der Waals surface area contributed by atoms with E-state index in [0.29, 0.717) is 5.75 Å². The maximum atomic E-state index is 12.0. The van der Waals surface area contributed by atoms with E-state index in [9.17, 15) is 14.4 Å². The number of carbonyl (C=O) groups is 2. The molecule has 2 atom stereocenters. The molecule has 1 aromatic carbocycles. The first-order valence-electron chi connectivity index (χ1n) is 9.17. The molecule has 2 aliphatic rings. The van der Waals surface area contributed by atoms with E-state index in [1.807, 2.05) is 6.07 Å². The minimum Gasteiger partial charge on any atom is -0.491 e. The van der Waals surface area contributed by atoms with Crippen molar-refractivity contribution in [2.45, 2.75) is 26.1 Å². The maximum absolute atomic E-state index is 12.0. The summed E-state index contributed by atoms with van der Waals surface area (Å²) in [5.41, 5.74) is 1.51. The van der Waals surface area contributed by atoms with E-state index >= 15 is 0 Å². The SMILES string of the molecule is CC(=O)OC[C@@H]1COc2cccc3c2B(O1)O[C@@H]3CNC(=O)Oc1oc(=O)oc1C. The molecule has 2 aliphatic heterocycles. The smallest absolute Gasteiger partial charge is 0.491 e. The normalized spacial score (nSPS) is 19.5. The van der Waals surface area contributed by atoms with E-state index in [4.69, 9.17) is 23.5 Å². The van der Waals surface area contributed by atoms with Gasteiger partial charge in [0, 0.05) is 25.9 Å². The molecule has 4 rings (SSSR count). The fraction of sp³-hybridized carbons (Fsp3) is 0.389. The van der Waals surface area contributed by atoms with Crippen LogP contribution in [0.1, 0.15) is 24.4 Å². The Balaban J connectivity index is 1.42. The molecule has 0 bridgehead atoms. The molecule has 158 valence electrons. The fourth-order valence-corrected chi connectivity index (χ4v) is 3.19. The van der Waals surface area contributed by atoms with Crippen LogP contribution in [0.15, 0.2) is 31.8 Å². The van der Waals surface area contributed by atoms with E-state index in [1.54, 1.807) is 12.1 Å². The Labute approximate surface area is 170 Å². The van der Waals surface area contributed by atoms with Crippen molar-refractivity contribution < 1.29 is 41.9 Å². The molecule has 0 saturated carbocycles. The van der Waals surface area contributed by atoms with Gasteiger partial charge in [-0.2, -0.15) is 0 Å². The van der Waals surface area contributed by atoms with Gasteiger partial charge in [0.25, 0.3) is 0 Å².